The summed E-state index contributed by atoms with van der Waals surface area (Å²) in [5.74, 6) is -0.0942. The van der Waals surface area contributed by atoms with Crippen molar-refractivity contribution in [3.05, 3.63) is 59.2 Å². The van der Waals surface area contributed by atoms with Crippen molar-refractivity contribution < 1.29 is 9.59 Å². The Morgan fingerprint density at radius 2 is 2.06 bits per heavy atom. The van der Waals surface area contributed by atoms with Gasteiger partial charge < -0.3 is 15.6 Å². The number of aromatic nitrogens is 2. The highest BCUT2D eigenvalue weighted by molar-refractivity contribution is 5.98. The lowest BCUT2D eigenvalue weighted by Gasteiger charge is -2.37. The second kappa shape index (κ2) is 9.62. The maximum absolute atomic E-state index is 13.6. The average Bonchev–Trinajstić information content (AvgIpc) is 3.58. The lowest BCUT2D eigenvalue weighted by Crippen LogP contribution is -2.60. The molecular formula is C26H31N5O2. The molecule has 2 fully saturated rings. The van der Waals surface area contributed by atoms with Crippen molar-refractivity contribution in [2.24, 2.45) is 0 Å². The highest BCUT2D eigenvalue weighted by Gasteiger charge is 2.42. The third-order valence-electron chi connectivity index (χ3n) is 6.87. The molecule has 2 aliphatic carbocycles. The van der Waals surface area contributed by atoms with Crippen LogP contribution in [-0.2, 0) is 11.2 Å². The van der Waals surface area contributed by atoms with Gasteiger partial charge in [-0.15, -0.1) is 0 Å². The summed E-state index contributed by atoms with van der Waals surface area (Å²) < 4.78 is 0. The smallest absolute Gasteiger partial charge is 0.268 e. The van der Waals surface area contributed by atoms with Gasteiger partial charge in [-0.3, -0.25) is 14.6 Å². The first kappa shape index (κ1) is 22.8. The molecule has 1 unspecified atom stereocenters. The van der Waals surface area contributed by atoms with Crippen LogP contribution in [0.1, 0.15) is 96.7 Å². The van der Waals surface area contributed by atoms with Gasteiger partial charge >= 0.3 is 0 Å². The Bertz CT molecular complexity index is 1090. The van der Waals surface area contributed by atoms with Crippen LogP contribution in [-0.4, -0.2) is 27.3 Å². The van der Waals surface area contributed by atoms with Gasteiger partial charge in [0.1, 0.15) is 17.3 Å². The molecule has 172 valence electrons. The minimum absolute atomic E-state index is 0.283. The van der Waals surface area contributed by atoms with E-state index in [1.807, 2.05) is 13.0 Å². The SMILES string of the molecule is C=Cc1c(CC)cncc1C(C#N)NC(=O)C1(NC(=O)c2ccc(C3CC3)[nH]2)CCCCC1. The highest BCUT2D eigenvalue weighted by Crippen LogP contribution is 2.39. The van der Waals surface area contributed by atoms with Crippen LogP contribution in [0.25, 0.3) is 6.08 Å². The number of amides is 2. The summed E-state index contributed by atoms with van der Waals surface area (Å²) in [6.45, 7) is 5.89. The molecule has 2 saturated carbocycles. The number of pyridine rings is 1. The summed E-state index contributed by atoms with van der Waals surface area (Å²) in [5, 5.41) is 15.8. The normalized spacial score (nSPS) is 18.1. The van der Waals surface area contributed by atoms with Gasteiger partial charge in [-0.1, -0.05) is 38.8 Å². The Hall–Kier alpha value is -3.40. The van der Waals surface area contributed by atoms with E-state index in [0.717, 1.165) is 55.3 Å². The molecule has 0 bridgehead atoms. The number of aryl methyl sites for hydroxylation is 1. The fraction of sp³-hybridized carbons (Fsp3) is 0.462. The zero-order valence-corrected chi connectivity index (χ0v) is 19.1. The van der Waals surface area contributed by atoms with Crippen molar-refractivity contribution in [3.8, 4) is 6.07 Å². The molecule has 0 aliphatic heterocycles. The molecule has 2 aliphatic rings. The number of hydrogen-bond acceptors (Lipinski definition) is 4. The highest BCUT2D eigenvalue weighted by atomic mass is 16.2. The molecule has 33 heavy (non-hydrogen) atoms. The van der Waals surface area contributed by atoms with Crippen LogP contribution in [0.4, 0.5) is 0 Å². The Morgan fingerprint density at radius 3 is 2.70 bits per heavy atom. The first-order valence-electron chi connectivity index (χ1n) is 11.8. The molecule has 2 aromatic rings. The Labute approximate surface area is 194 Å². The van der Waals surface area contributed by atoms with Gasteiger partial charge in [-0.25, -0.2) is 0 Å². The van der Waals surface area contributed by atoms with E-state index in [-0.39, 0.29) is 11.8 Å². The molecule has 0 radical (unpaired) electrons. The van der Waals surface area contributed by atoms with Gasteiger partial charge in [0.15, 0.2) is 0 Å². The number of nitrogens with one attached hydrogen (secondary N) is 3. The molecule has 2 heterocycles. The molecule has 2 aromatic heterocycles. The first-order valence-corrected chi connectivity index (χ1v) is 11.8. The van der Waals surface area contributed by atoms with Crippen molar-refractivity contribution in [1.29, 1.82) is 5.26 Å². The second-order valence-corrected chi connectivity index (χ2v) is 9.09. The lowest BCUT2D eigenvalue weighted by atomic mass is 9.80. The van der Waals surface area contributed by atoms with Crippen LogP contribution in [0.5, 0.6) is 0 Å². The van der Waals surface area contributed by atoms with E-state index in [0.29, 0.717) is 30.0 Å². The third kappa shape index (κ3) is 4.70. The molecule has 7 nitrogen and oxygen atoms in total. The van der Waals surface area contributed by atoms with Crippen LogP contribution in [0.3, 0.4) is 0 Å². The number of rotatable bonds is 8. The van der Waals surface area contributed by atoms with Gasteiger partial charge in [0.05, 0.1) is 6.07 Å². The van der Waals surface area contributed by atoms with E-state index in [4.69, 9.17) is 0 Å². The summed E-state index contributed by atoms with van der Waals surface area (Å²) in [5.41, 5.74) is 2.92. The quantitative estimate of drug-likeness (QED) is 0.562. The number of aromatic amines is 1. The molecule has 1 atom stereocenters. The van der Waals surface area contributed by atoms with E-state index in [9.17, 15) is 14.9 Å². The van der Waals surface area contributed by atoms with Crippen LogP contribution in [0.15, 0.2) is 31.1 Å². The number of H-pyrrole nitrogens is 1. The van der Waals surface area contributed by atoms with E-state index < -0.39 is 11.6 Å². The van der Waals surface area contributed by atoms with Crippen molar-refractivity contribution in [2.45, 2.75) is 75.8 Å². The Balaban J connectivity index is 1.56. The molecule has 0 aromatic carbocycles. The lowest BCUT2D eigenvalue weighted by molar-refractivity contribution is -0.129. The molecular weight excluding hydrogens is 414 g/mol. The van der Waals surface area contributed by atoms with Crippen molar-refractivity contribution in [2.75, 3.05) is 0 Å². The summed E-state index contributed by atoms with van der Waals surface area (Å²) in [7, 11) is 0. The predicted molar refractivity (Wildman–Crippen MR) is 126 cm³/mol. The van der Waals surface area contributed by atoms with E-state index in [1.165, 1.54) is 0 Å². The minimum Gasteiger partial charge on any atom is -0.354 e. The largest absolute Gasteiger partial charge is 0.354 e. The van der Waals surface area contributed by atoms with Gasteiger partial charge in [-0.2, -0.15) is 5.26 Å². The van der Waals surface area contributed by atoms with Gasteiger partial charge in [-0.05, 0) is 61.3 Å². The second-order valence-electron chi connectivity index (χ2n) is 9.09. The van der Waals surface area contributed by atoms with Crippen LogP contribution in [0.2, 0.25) is 0 Å². The summed E-state index contributed by atoms with van der Waals surface area (Å²) in [6, 6.07) is 5.06. The minimum atomic E-state index is -1.04. The fourth-order valence-corrected chi connectivity index (χ4v) is 4.77. The Morgan fingerprint density at radius 1 is 1.30 bits per heavy atom. The molecule has 0 spiro atoms. The van der Waals surface area contributed by atoms with Gasteiger partial charge in [0.2, 0.25) is 5.91 Å². The monoisotopic (exact) mass is 445 g/mol. The van der Waals surface area contributed by atoms with Crippen LogP contribution >= 0.6 is 0 Å². The van der Waals surface area contributed by atoms with Crippen LogP contribution in [0, 0.1) is 11.3 Å². The topological polar surface area (TPSA) is 111 Å². The number of hydrogen-bond donors (Lipinski definition) is 3. The molecule has 0 saturated heterocycles. The third-order valence-corrected chi connectivity index (χ3v) is 6.87. The number of carbonyl (C=O) groups is 2. The fourth-order valence-electron chi connectivity index (χ4n) is 4.77. The average molecular weight is 446 g/mol. The predicted octanol–water partition coefficient (Wildman–Crippen LogP) is 4.31. The molecule has 2 amide bonds. The first-order chi connectivity index (χ1) is 16.0. The van der Waals surface area contributed by atoms with E-state index in [1.54, 1.807) is 24.5 Å². The molecule has 4 rings (SSSR count). The maximum atomic E-state index is 13.6. The summed E-state index contributed by atoms with van der Waals surface area (Å²) in [4.78, 5) is 34.1. The van der Waals surface area contributed by atoms with E-state index >= 15 is 0 Å². The van der Waals surface area contributed by atoms with E-state index in [2.05, 4.69) is 33.2 Å². The maximum Gasteiger partial charge on any atom is 0.268 e. The van der Waals surface area contributed by atoms with Crippen molar-refractivity contribution in [3.63, 3.8) is 0 Å². The molecule has 7 heteroatoms. The zero-order chi connectivity index (χ0) is 23.4. The number of carbonyl (C=O) groups excluding carboxylic acids is 2. The Kier molecular flexibility index (Phi) is 6.64. The zero-order valence-electron chi connectivity index (χ0n) is 19.1. The van der Waals surface area contributed by atoms with Crippen LogP contribution < -0.4 is 10.6 Å². The molecule has 3 N–H and O–H groups in total. The van der Waals surface area contributed by atoms with Crippen molar-refractivity contribution in [1.82, 2.24) is 20.6 Å². The standard InChI is InChI=1S/C26H31N5O2/c1-3-17-15-28-16-20(19(17)4-2)23(14-27)30-25(33)26(12-6-5-7-13-26)31-24(32)22-11-10-21(29-22)18-8-9-18/h4,10-11,15-16,18,23,29H,2-3,5-9,12-13H2,1H3,(H,30,33)(H,31,32). The number of nitriles is 1. The summed E-state index contributed by atoms with van der Waals surface area (Å²) in [6.07, 6.45) is 11.9. The van der Waals surface area contributed by atoms with Crippen molar-refractivity contribution >= 4 is 17.9 Å². The summed E-state index contributed by atoms with van der Waals surface area (Å²) >= 11 is 0. The number of nitrogens with zero attached hydrogens (tertiary/aromatic N) is 2. The van der Waals surface area contributed by atoms with Gasteiger partial charge in [0, 0.05) is 23.7 Å². The van der Waals surface area contributed by atoms with Gasteiger partial charge in [0.25, 0.3) is 5.91 Å².